The molecule has 2 aromatic rings. The highest BCUT2D eigenvalue weighted by molar-refractivity contribution is 5.81. The number of aromatic nitrogens is 4. The predicted octanol–water partition coefficient (Wildman–Crippen LogP) is -0.401. The van der Waals surface area contributed by atoms with E-state index in [1.165, 1.54) is 6.33 Å². The number of anilines is 1. The normalized spacial score (nSPS) is 12.8. The lowest BCUT2D eigenvalue weighted by molar-refractivity contribution is -0.121. The van der Waals surface area contributed by atoms with Gasteiger partial charge in [0.2, 0.25) is 5.91 Å². The van der Waals surface area contributed by atoms with Crippen LogP contribution in [0.15, 0.2) is 6.33 Å². The average Bonchev–Trinajstić information content (AvgIpc) is 2.65. The fraction of sp³-hybridized carbons (Fsp3) is 0.333. The first-order chi connectivity index (χ1) is 7.58. The second kappa shape index (κ2) is 3.76. The summed E-state index contributed by atoms with van der Waals surface area (Å²) in [6.45, 7) is 1.72. The molecule has 0 spiro atoms. The van der Waals surface area contributed by atoms with Gasteiger partial charge in [0.25, 0.3) is 0 Å². The fourth-order valence-corrected chi connectivity index (χ4v) is 1.37. The number of hydrogen-bond acceptors (Lipinski definition) is 5. The van der Waals surface area contributed by atoms with Crippen LogP contribution in [0, 0.1) is 5.92 Å². The second-order valence-corrected chi connectivity index (χ2v) is 3.63. The maximum absolute atomic E-state index is 10.9. The van der Waals surface area contributed by atoms with E-state index in [0.717, 1.165) is 0 Å². The maximum Gasteiger partial charge on any atom is 0.220 e. The lowest BCUT2D eigenvalue weighted by Gasteiger charge is -2.06. The molecule has 0 aromatic carbocycles. The maximum atomic E-state index is 10.9. The van der Waals surface area contributed by atoms with Crippen molar-refractivity contribution in [1.29, 1.82) is 0 Å². The molecule has 0 bridgehead atoms. The molecule has 1 unspecified atom stereocenters. The first-order valence-electron chi connectivity index (χ1n) is 4.82. The van der Waals surface area contributed by atoms with Crippen molar-refractivity contribution in [3.63, 3.8) is 0 Å². The first kappa shape index (κ1) is 10.3. The topological polar surface area (TPSA) is 124 Å². The van der Waals surface area contributed by atoms with Crippen LogP contribution in [0.2, 0.25) is 0 Å². The smallest absolute Gasteiger partial charge is 0.220 e. The van der Waals surface area contributed by atoms with Crippen molar-refractivity contribution in [3.8, 4) is 0 Å². The van der Waals surface area contributed by atoms with Gasteiger partial charge in [0.05, 0.1) is 6.33 Å². The third-order valence-electron chi connectivity index (χ3n) is 2.33. The second-order valence-electron chi connectivity index (χ2n) is 3.63. The molecule has 5 N–H and O–H groups in total. The van der Waals surface area contributed by atoms with Crippen LogP contribution < -0.4 is 11.5 Å². The summed E-state index contributed by atoms with van der Waals surface area (Å²) in [7, 11) is 0. The molecular formula is C9H12N6O. The number of imidazole rings is 1. The van der Waals surface area contributed by atoms with Gasteiger partial charge >= 0.3 is 0 Å². The Balaban J connectivity index is 2.35. The number of rotatable bonds is 3. The van der Waals surface area contributed by atoms with Crippen LogP contribution in [0.4, 0.5) is 5.82 Å². The van der Waals surface area contributed by atoms with Crippen molar-refractivity contribution in [1.82, 2.24) is 19.9 Å². The summed E-state index contributed by atoms with van der Waals surface area (Å²) in [4.78, 5) is 26.0. The van der Waals surface area contributed by atoms with Gasteiger partial charge in [-0.3, -0.25) is 4.79 Å². The van der Waals surface area contributed by atoms with Crippen molar-refractivity contribution < 1.29 is 4.79 Å². The highest BCUT2D eigenvalue weighted by Crippen LogP contribution is 2.14. The summed E-state index contributed by atoms with van der Waals surface area (Å²) in [5.74, 6) is 0.0951. The Morgan fingerprint density at radius 3 is 3.00 bits per heavy atom. The molecular weight excluding hydrogens is 208 g/mol. The van der Waals surface area contributed by atoms with Gasteiger partial charge in [-0.05, 0) is 0 Å². The van der Waals surface area contributed by atoms with E-state index in [-0.39, 0.29) is 11.8 Å². The van der Waals surface area contributed by atoms with Crippen LogP contribution in [-0.2, 0) is 11.2 Å². The van der Waals surface area contributed by atoms with Crippen LogP contribution in [0.25, 0.3) is 11.2 Å². The number of nitrogen functional groups attached to an aromatic ring is 1. The molecule has 0 aliphatic rings. The van der Waals surface area contributed by atoms with Crippen molar-refractivity contribution in [2.75, 3.05) is 5.73 Å². The minimum absolute atomic E-state index is 0.323. The Bertz CT molecular complexity index is 534. The van der Waals surface area contributed by atoms with E-state index in [2.05, 4.69) is 19.9 Å². The monoisotopic (exact) mass is 220 g/mol. The Labute approximate surface area is 91.3 Å². The fourth-order valence-electron chi connectivity index (χ4n) is 1.37. The number of amides is 1. The number of carbonyl (C=O) groups is 1. The summed E-state index contributed by atoms with van der Waals surface area (Å²) < 4.78 is 0. The minimum atomic E-state index is -0.385. The zero-order chi connectivity index (χ0) is 11.7. The van der Waals surface area contributed by atoms with Crippen molar-refractivity contribution in [3.05, 3.63) is 12.2 Å². The molecule has 84 valence electrons. The summed E-state index contributed by atoms with van der Waals surface area (Å²) in [5, 5.41) is 0. The number of carbonyl (C=O) groups excluding carboxylic acids is 1. The SMILES string of the molecule is CC(Cc1nc(N)c2[nH]cnc2n1)C(N)=O. The molecule has 0 fully saturated rings. The Kier molecular flexibility index (Phi) is 2.43. The Morgan fingerprint density at radius 2 is 2.31 bits per heavy atom. The largest absolute Gasteiger partial charge is 0.382 e. The van der Waals surface area contributed by atoms with Gasteiger partial charge in [-0.1, -0.05) is 6.92 Å². The predicted molar refractivity (Wildman–Crippen MR) is 58.2 cm³/mol. The summed E-state index contributed by atoms with van der Waals surface area (Å²) >= 11 is 0. The van der Waals surface area contributed by atoms with Crippen LogP contribution in [-0.4, -0.2) is 25.8 Å². The molecule has 0 aliphatic heterocycles. The van der Waals surface area contributed by atoms with E-state index >= 15 is 0 Å². The quantitative estimate of drug-likeness (QED) is 0.649. The minimum Gasteiger partial charge on any atom is -0.382 e. The molecule has 0 saturated heterocycles. The molecule has 16 heavy (non-hydrogen) atoms. The zero-order valence-corrected chi connectivity index (χ0v) is 8.77. The first-order valence-corrected chi connectivity index (χ1v) is 4.82. The van der Waals surface area contributed by atoms with Crippen molar-refractivity contribution in [2.45, 2.75) is 13.3 Å². The number of aromatic amines is 1. The third-order valence-corrected chi connectivity index (χ3v) is 2.33. The molecule has 0 aliphatic carbocycles. The van der Waals surface area contributed by atoms with E-state index < -0.39 is 0 Å². The van der Waals surface area contributed by atoms with Gasteiger partial charge in [-0.15, -0.1) is 0 Å². The Hall–Kier alpha value is -2.18. The van der Waals surface area contributed by atoms with E-state index in [4.69, 9.17) is 11.5 Å². The van der Waals surface area contributed by atoms with Gasteiger partial charge in [0.1, 0.15) is 11.3 Å². The molecule has 2 aromatic heterocycles. The number of primary amides is 1. The van der Waals surface area contributed by atoms with E-state index in [9.17, 15) is 4.79 Å². The van der Waals surface area contributed by atoms with Crippen molar-refractivity contribution >= 4 is 22.9 Å². The van der Waals surface area contributed by atoms with Gasteiger partial charge in [0, 0.05) is 12.3 Å². The number of fused-ring (bicyclic) bond motifs is 1. The number of H-pyrrole nitrogens is 1. The van der Waals surface area contributed by atoms with E-state index in [1.807, 2.05) is 0 Å². The molecule has 1 atom stereocenters. The van der Waals surface area contributed by atoms with Gasteiger partial charge in [0.15, 0.2) is 11.5 Å². The molecule has 0 saturated carbocycles. The summed E-state index contributed by atoms with van der Waals surface area (Å²) in [6.07, 6.45) is 1.86. The summed E-state index contributed by atoms with van der Waals surface area (Å²) in [5.41, 5.74) is 12.0. The van der Waals surface area contributed by atoms with Gasteiger partial charge in [-0.25, -0.2) is 15.0 Å². The number of nitrogens with one attached hydrogen (secondary N) is 1. The van der Waals surface area contributed by atoms with E-state index in [1.54, 1.807) is 6.92 Å². The molecule has 0 radical (unpaired) electrons. The third kappa shape index (κ3) is 1.79. The molecule has 2 heterocycles. The van der Waals surface area contributed by atoms with Crippen LogP contribution >= 0.6 is 0 Å². The number of nitrogens with zero attached hydrogens (tertiary/aromatic N) is 3. The molecule has 7 nitrogen and oxygen atoms in total. The summed E-state index contributed by atoms with van der Waals surface area (Å²) in [6, 6.07) is 0. The lowest BCUT2D eigenvalue weighted by atomic mass is 10.1. The number of nitrogens with two attached hydrogens (primary N) is 2. The molecule has 1 amide bonds. The molecule has 2 rings (SSSR count). The van der Waals surface area contributed by atoms with Crippen LogP contribution in [0.3, 0.4) is 0 Å². The zero-order valence-electron chi connectivity index (χ0n) is 8.77. The highest BCUT2D eigenvalue weighted by Gasteiger charge is 2.14. The van der Waals surface area contributed by atoms with E-state index in [0.29, 0.717) is 29.2 Å². The van der Waals surface area contributed by atoms with Gasteiger partial charge < -0.3 is 16.5 Å². The number of hydrogen-bond donors (Lipinski definition) is 3. The standard InChI is InChI=1S/C9H12N6O/c1-4(8(11)16)2-5-14-7(10)6-9(15-5)13-3-12-6/h3-4H,2H2,1H3,(H2,11,16)(H3,10,12,13,14,15). The lowest BCUT2D eigenvalue weighted by Crippen LogP contribution is -2.23. The van der Waals surface area contributed by atoms with Crippen LogP contribution in [0.1, 0.15) is 12.7 Å². The van der Waals surface area contributed by atoms with Crippen LogP contribution in [0.5, 0.6) is 0 Å². The Morgan fingerprint density at radius 1 is 1.56 bits per heavy atom. The highest BCUT2D eigenvalue weighted by atomic mass is 16.1. The van der Waals surface area contributed by atoms with Crippen molar-refractivity contribution in [2.24, 2.45) is 11.7 Å². The molecule has 7 heteroatoms. The van der Waals surface area contributed by atoms with Gasteiger partial charge in [-0.2, -0.15) is 0 Å². The average molecular weight is 220 g/mol.